The van der Waals surface area contributed by atoms with Gasteiger partial charge in [-0.1, -0.05) is 48.0 Å². The van der Waals surface area contributed by atoms with E-state index >= 15 is 0 Å². The molecule has 10 heteroatoms. The molecule has 1 unspecified atom stereocenters. The highest BCUT2D eigenvalue weighted by Crippen LogP contribution is 2.18. The van der Waals surface area contributed by atoms with Crippen LogP contribution in [0.2, 0.25) is 0 Å². The van der Waals surface area contributed by atoms with E-state index < -0.39 is 22.5 Å². The number of rotatable bonds is 11. The van der Waals surface area contributed by atoms with Gasteiger partial charge in [0.1, 0.15) is 12.3 Å². The minimum Gasteiger partial charge on any atom is -0.484 e. The van der Waals surface area contributed by atoms with E-state index in [9.17, 15) is 18.0 Å². The number of benzene rings is 3. The largest absolute Gasteiger partial charge is 0.484 e. The van der Waals surface area contributed by atoms with Crippen LogP contribution in [0.4, 0.5) is 5.69 Å². The van der Waals surface area contributed by atoms with Gasteiger partial charge in [0.2, 0.25) is 10.0 Å². The zero-order chi connectivity index (χ0) is 26.8. The Morgan fingerprint density at radius 1 is 0.973 bits per heavy atom. The van der Waals surface area contributed by atoms with Gasteiger partial charge in [-0.25, -0.2) is 13.8 Å². The van der Waals surface area contributed by atoms with Crippen LogP contribution < -0.4 is 19.8 Å². The summed E-state index contributed by atoms with van der Waals surface area (Å²) in [6.07, 6.45) is 2.47. The molecule has 0 bridgehead atoms. The number of amides is 2. The summed E-state index contributed by atoms with van der Waals surface area (Å²) in [5.74, 6) is -0.318. The van der Waals surface area contributed by atoms with Crippen LogP contribution in [0.1, 0.15) is 29.7 Å². The fourth-order valence-electron chi connectivity index (χ4n) is 3.36. The lowest BCUT2D eigenvalue weighted by Crippen LogP contribution is -2.39. The normalized spacial score (nSPS) is 12.1. The summed E-state index contributed by atoms with van der Waals surface area (Å²) in [6.45, 7) is 3.26. The number of hydrazone groups is 1. The molecule has 0 heterocycles. The van der Waals surface area contributed by atoms with E-state index in [0.717, 1.165) is 21.7 Å². The first kappa shape index (κ1) is 27.4. The maximum Gasteiger partial charge on any atom is 0.260 e. The third-order valence-electron chi connectivity index (χ3n) is 5.34. The first-order chi connectivity index (χ1) is 17.6. The second kappa shape index (κ2) is 12.7. The number of aryl methyl sites for hydroxylation is 1. The molecule has 2 amide bonds. The summed E-state index contributed by atoms with van der Waals surface area (Å²) in [5.41, 5.74) is 5.39. The average molecular weight is 523 g/mol. The molecule has 0 aliphatic carbocycles. The Morgan fingerprint density at radius 2 is 1.62 bits per heavy atom. The topological polar surface area (TPSA) is 117 Å². The molecule has 0 aliphatic heterocycles. The summed E-state index contributed by atoms with van der Waals surface area (Å²) in [7, 11) is -3.66. The molecule has 0 spiro atoms. The van der Waals surface area contributed by atoms with Crippen LogP contribution in [0, 0.1) is 6.92 Å². The molecule has 0 fully saturated rings. The predicted molar refractivity (Wildman–Crippen MR) is 144 cm³/mol. The molecule has 0 aromatic heterocycles. The second-order valence-corrected chi connectivity index (χ2v) is 10.4. The van der Waals surface area contributed by atoms with E-state index in [4.69, 9.17) is 4.74 Å². The number of anilines is 1. The molecular formula is C27H30N4O5S. The Balaban J connectivity index is 1.47. The van der Waals surface area contributed by atoms with E-state index in [1.807, 2.05) is 44.2 Å². The van der Waals surface area contributed by atoms with Gasteiger partial charge < -0.3 is 10.1 Å². The quantitative estimate of drug-likeness (QED) is 0.296. The molecule has 3 aromatic rings. The van der Waals surface area contributed by atoms with Crippen molar-refractivity contribution in [3.8, 4) is 5.75 Å². The summed E-state index contributed by atoms with van der Waals surface area (Å²) in [5, 5.41) is 6.78. The standard InChI is InChI=1S/C27H30N4O5S/c1-20-9-13-24(14-10-20)31(37(3,34)35)18-26(32)30-28-17-22-11-15-25(16-12-22)36-19-27(33)29-21(2)23-7-5-4-6-8-23/h4-17,21H,18-19H2,1-3H3,(H,29,33)(H,30,32)/b28-17+. The third-order valence-corrected chi connectivity index (χ3v) is 6.48. The Labute approximate surface area is 217 Å². The monoisotopic (exact) mass is 522 g/mol. The van der Waals surface area contributed by atoms with Gasteiger partial charge in [0.05, 0.1) is 24.2 Å². The van der Waals surface area contributed by atoms with Crippen molar-refractivity contribution in [3.63, 3.8) is 0 Å². The molecule has 0 aliphatic rings. The molecule has 0 saturated heterocycles. The highest BCUT2D eigenvalue weighted by Gasteiger charge is 2.20. The molecule has 1 atom stereocenters. The summed E-state index contributed by atoms with van der Waals surface area (Å²) >= 11 is 0. The number of nitrogens with zero attached hydrogens (tertiary/aromatic N) is 2. The zero-order valence-electron chi connectivity index (χ0n) is 20.9. The smallest absolute Gasteiger partial charge is 0.260 e. The van der Waals surface area contributed by atoms with E-state index in [0.29, 0.717) is 17.0 Å². The maximum absolute atomic E-state index is 12.3. The minimum absolute atomic E-state index is 0.127. The number of hydrogen-bond acceptors (Lipinski definition) is 6. The van der Waals surface area contributed by atoms with Crippen LogP contribution in [0.25, 0.3) is 0 Å². The van der Waals surface area contributed by atoms with Gasteiger partial charge in [-0.05, 0) is 61.4 Å². The maximum atomic E-state index is 12.3. The van der Waals surface area contributed by atoms with Crippen molar-refractivity contribution in [2.75, 3.05) is 23.7 Å². The lowest BCUT2D eigenvalue weighted by Gasteiger charge is -2.21. The predicted octanol–water partition coefficient (Wildman–Crippen LogP) is 3.17. The van der Waals surface area contributed by atoms with Crippen LogP contribution in [0.3, 0.4) is 0 Å². The Kier molecular flexibility index (Phi) is 9.39. The van der Waals surface area contributed by atoms with Crippen LogP contribution in [-0.2, 0) is 19.6 Å². The summed E-state index contributed by atoms with van der Waals surface area (Å²) < 4.78 is 30.9. The molecule has 194 valence electrons. The van der Waals surface area contributed by atoms with Crippen LogP contribution in [-0.4, -0.2) is 45.9 Å². The number of nitrogens with one attached hydrogen (secondary N) is 2. The molecular weight excluding hydrogens is 492 g/mol. The fraction of sp³-hybridized carbons (Fsp3) is 0.222. The molecule has 0 radical (unpaired) electrons. The molecule has 3 rings (SSSR count). The number of hydrogen-bond donors (Lipinski definition) is 2. The number of sulfonamides is 1. The fourth-order valence-corrected chi connectivity index (χ4v) is 4.22. The van der Waals surface area contributed by atoms with Gasteiger partial charge in [0.15, 0.2) is 6.61 Å². The van der Waals surface area contributed by atoms with E-state index in [1.165, 1.54) is 6.21 Å². The lowest BCUT2D eigenvalue weighted by atomic mass is 10.1. The Bertz CT molecular complexity index is 1330. The van der Waals surface area contributed by atoms with Crippen molar-refractivity contribution >= 4 is 33.7 Å². The highest BCUT2D eigenvalue weighted by atomic mass is 32.2. The summed E-state index contributed by atoms with van der Waals surface area (Å²) in [6, 6.07) is 23.1. The molecule has 2 N–H and O–H groups in total. The van der Waals surface area contributed by atoms with E-state index in [-0.39, 0.29) is 18.6 Å². The van der Waals surface area contributed by atoms with Crippen molar-refractivity contribution in [2.45, 2.75) is 19.9 Å². The van der Waals surface area contributed by atoms with Crippen molar-refractivity contribution in [3.05, 3.63) is 95.6 Å². The highest BCUT2D eigenvalue weighted by molar-refractivity contribution is 7.92. The molecule has 37 heavy (non-hydrogen) atoms. The molecule has 3 aromatic carbocycles. The number of carbonyl (C=O) groups excluding carboxylic acids is 2. The SMILES string of the molecule is Cc1ccc(N(CC(=O)N/N=C/c2ccc(OCC(=O)NC(C)c3ccccc3)cc2)S(C)(=O)=O)cc1. The van der Waals surface area contributed by atoms with Gasteiger partial charge in [-0.3, -0.25) is 13.9 Å². The van der Waals surface area contributed by atoms with Gasteiger partial charge in [0, 0.05) is 0 Å². The van der Waals surface area contributed by atoms with Crippen molar-refractivity contribution in [1.82, 2.24) is 10.7 Å². The molecule has 9 nitrogen and oxygen atoms in total. The first-order valence-corrected chi connectivity index (χ1v) is 13.4. The van der Waals surface area contributed by atoms with Crippen molar-refractivity contribution < 1.29 is 22.7 Å². The Hall–Kier alpha value is -4.18. The second-order valence-electron chi connectivity index (χ2n) is 8.46. The zero-order valence-corrected chi connectivity index (χ0v) is 21.7. The average Bonchev–Trinajstić information content (AvgIpc) is 2.87. The van der Waals surface area contributed by atoms with Crippen LogP contribution in [0.15, 0.2) is 84.0 Å². The van der Waals surface area contributed by atoms with Gasteiger partial charge in [-0.15, -0.1) is 0 Å². The van der Waals surface area contributed by atoms with Crippen molar-refractivity contribution in [2.24, 2.45) is 5.10 Å². The van der Waals surface area contributed by atoms with E-state index in [2.05, 4.69) is 15.8 Å². The Morgan fingerprint density at radius 3 is 2.24 bits per heavy atom. The minimum atomic E-state index is -3.66. The van der Waals surface area contributed by atoms with Gasteiger partial charge >= 0.3 is 0 Å². The van der Waals surface area contributed by atoms with E-state index in [1.54, 1.807) is 48.5 Å². The number of ether oxygens (including phenoxy) is 1. The van der Waals surface area contributed by atoms with Gasteiger partial charge in [-0.2, -0.15) is 5.10 Å². The lowest BCUT2D eigenvalue weighted by molar-refractivity contribution is -0.123. The van der Waals surface area contributed by atoms with Crippen LogP contribution >= 0.6 is 0 Å². The van der Waals surface area contributed by atoms with Gasteiger partial charge in [0.25, 0.3) is 11.8 Å². The number of carbonyl (C=O) groups is 2. The van der Waals surface area contributed by atoms with Crippen LogP contribution in [0.5, 0.6) is 5.75 Å². The summed E-state index contributed by atoms with van der Waals surface area (Å²) in [4.78, 5) is 24.5. The first-order valence-electron chi connectivity index (χ1n) is 11.6. The molecule has 0 saturated carbocycles. The third kappa shape index (κ3) is 8.76. The van der Waals surface area contributed by atoms with Crippen molar-refractivity contribution in [1.29, 1.82) is 0 Å².